The van der Waals surface area contributed by atoms with E-state index in [2.05, 4.69) is 9.47 Å². The van der Waals surface area contributed by atoms with Gasteiger partial charge in [-0.15, -0.1) is 0 Å². The lowest BCUT2D eigenvalue weighted by atomic mass is 10.1. The van der Waals surface area contributed by atoms with Crippen molar-refractivity contribution in [2.24, 2.45) is 0 Å². The molecular formula is C26H22O8. The molecule has 0 amide bonds. The monoisotopic (exact) mass is 462 g/mol. The van der Waals surface area contributed by atoms with Gasteiger partial charge in [0.1, 0.15) is 35.8 Å². The fraction of sp³-hybridized carbons (Fsp3) is 0.154. The van der Waals surface area contributed by atoms with Gasteiger partial charge >= 0.3 is 23.9 Å². The number of para-hydroxylation sites is 2. The zero-order valence-corrected chi connectivity index (χ0v) is 18.6. The summed E-state index contributed by atoms with van der Waals surface area (Å²) in [7, 11) is 0. The molecule has 8 nitrogen and oxygen atoms in total. The Morgan fingerprint density at radius 2 is 0.912 bits per heavy atom. The molecule has 0 saturated heterocycles. The van der Waals surface area contributed by atoms with Gasteiger partial charge in [0, 0.05) is 13.8 Å². The number of esters is 4. The molecule has 174 valence electrons. The van der Waals surface area contributed by atoms with Crippen molar-refractivity contribution in [2.75, 3.05) is 0 Å². The minimum Gasteiger partial charge on any atom is -0.488 e. The Hall–Kier alpha value is -4.46. The molecule has 0 N–H and O–H groups in total. The summed E-state index contributed by atoms with van der Waals surface area (Å²) >= 11 is 0. The largest absolute Gasteiger partial charge is 0.488 e. The van der Waals surface area contributed by atoms with Crippen LogP contribution >= 0.6 is 0 Å². The molecule has 0 spiro atoms. The summed E-state index contributed by atoms with van der Waals surface area (Å²) in [5.41, 5.74) is 1.99. The second kappa shape index (κ2) is 11.4. The summed E-state index contributed by atoms with van der Waals surface area (Å²) in [5, 5.41) is 0. The van der Waals surface area contributed by atoms with Crippen molar-refractivity contribution in [3.63, 3.8) is 0 Å². The minimum atomic E-state index is -0.775. The predicted molar refractivity (Wildman–Crippen MR) is 120 cm³/mol. The van der Waals surface area contributed by atoms with E-state index < -0.39 is 23.9 Å². The summed E-state index contributed by atoms with van der Waals surface area (Å²) in [6, 6.07) is 20.4. The van der Waals surface area contributed by atoms with Crippen molar-refractivity contribution in [3.05, 3.63) is 95.1 Å². The van der Waals surface area contributed by atoms with Crippen LogP contribution in [0.15, 0.2) is 72.8 Å². The molecule has 0 aliphatic carbocycles. The van der Waals surface area contributed by atoms with Gasteiger partial charge in [-0.2, -0.15) is 0 Å². The maximum absolute atomic E-state index is 12.1. The summed E-state index contributed by atoms with van der Waals surface area (Å²) < 4.78 is 20.8. The minimum absolute atomic E-state index is 0.157. The molecule has 3 rings (SSSR count). The lowest BCUT2D eigenvalue weighted by Gasteiger charge is -2.12. The van der Waals surface area contributed by atoms with Crippen molar-refractivity contribution in [1.29, 1.82) is 0 Å². The molecular weight excluding hydrogens is 440 g/mol. The number of hydrogen-bond acceptors (Lipinski definition) is 8. The van der Waals surface area contributed by atoms with Crippen molar-refractivity contribution in [1.82, 2.24) is 0 Å². The van der Waals surface area contributed by atoms with E-state index in [1.54, 1.807) is 36.4 Å². The first kappa shape index (κ1) is 24.2. The van der Waals surface area contributed by atoms with Gasteiger partial charge in [-0.25, -0.2) is 9.59 Å². The Labute approximate surface area is 196 Å². The van der Waals surface area contributed by atoms with Gasteiger partial charge < -0.3 is 18.9 Å². The van der Waals surface area contributed by atoms with Crippen LogP contribution in [0.1, 0.15) is 45.7 Å². The molecule has 0 radical (unpaired) electrons. The molecule has 0 aliphatic rings. The van der Waals surface area contributed by atoms with Gasteiger partial charge in [0.15, 0.2) is 0 Å². The summed E-state index contributed by atoms with van der Waals surface area (Å²) in [5.74, 6) is -2.34. The van der Waals surface area contributed by atoms with Crippen LogP contribution in [0, 0.1) is 0 Å². The van der Waals surface area contributed by atoms with E-state index >= 15 is 0 Å². The summed E-state index contributed by atoms with van der Waals surface area (Å²) in [6.07, 6.45) is 0. The number of benzene rings is 3. The number of ether oxygens (including phenoxy) is 4. The highest BCUT2D eigenvalue weighted by Crippen LogP contribution is 2.22. The highest BCUT2D eigenvalue weighted by Gasteiger charge is 2.16. The van der Waals surface area contributed by atoms with E-state index in [0.29, 0.717) is 11.5 Å². The number of hydrogen-bond donors (Lipinski definition) is 0. The van der Waals surface area contributed by atoms with Gasteiger partial charge in [-0.1, -0.05) is 48.5 Å². The summed E-state index contributed by atoms with van der Waals surface area (Å²) in [4.78, 5) is 46.2. The SMILES string of the molecule is CC(=O)OC(=O)c1ccccc1OCc1ccc(COc2ccccc2C(=O)OC(C)=O)cc1. The van der Waals surface area contributed by atoms with E-state index in [4.69, 9.17) is 9.47 Å². The van der Waals surface area contributed by atoms with Crippen LogP contribution in [0.25, 0.3) is 0 Å². The Kier molecular flexibility index (Phi) is 8.12. The molecule has 0 atom stereocenters. The highest BCUT2D eigenvalue weighted by molar-refractivity contribution is 5.99. The zero-order valence-electron chi connectivity index (χ0n) is 18.6. The average Bonchev–Trinajstić information content (AvgIpc) is 2.81. The first-order valence-corrected chi connectivity index (χ1v) is 10.3. The topological polar surface area (TPSA) is 105 Å². The van der Waals surface area contributed by atoms with Crippen molar-refractivity contribution in [2.45, 2.75) is 27.1 Å². The molecule has 0 fully saturated rings. The van der Waals surface area contributed by atoms with Crippen LogP contribution in [0.4, 0.5) is 0 Å². The number of rotatable bonds is 8. The Morgan fingerprint density at radius 1 is 0.559 bits per heavy atom. The van der Waals surface area contributed by atoms with Crippen molar-refractivity contribution < 1.29 is 38.1 Å². The fourth-order valence-corrected chi connectivity index (χ4v) is 2.95. The maximum Gasteiger partial charge on any atom is 0.349 e. The van der Waals surface area contributed by atoms with E-state index in [9.17, 15) is 19.2 Å². The van der Waals surface area contributed by atoms with Gasteiger partial charge in [-0.05, 0) is 35.4 Å². The van der Waals surface area contributed by atoms with Crippen molar-refractivity contribution in [3.8, 4) is 11.5 Å². The normalized spacial score (nSPS) is 10.2. The lowest BCUT2D eigenvalue weighted by Crippen LogP contribution is -2.11. The second-order valence-electron chi connectivity index (χ2n) is 7.15. The van der Waals surface area contributed by atoms with Crippen molar-refractivity contribution >= 4 is 23.9 Å². The van der Waals surface area contributed by atoms with E-state index in [0.717, 1.165) is 25.0 Å². The van der Waals surface area contributed by atoms with E-state index in [1.165, 1.54) is 12.1 Å². The first-order chi connectivity index (χ1) is 16.3. The molecule has 0 bridgehead atoms. The smallest absolute Gasteiger partial charge is 0.349 e. The molecule has 3 aromatic carbocycles. The van der Waals surface area contributed by atoms with Gasteiger partial charge in [0.25, 0.3) is 0 Å². The van der Waals surface area contributed by atoms with Gasteiger partial charge in [-0.3, -0.25) is 9.59 Å². The molecule has 3 aromatic rings. The molecule has 0 aromatic heterocycles. The van der Waals surface area contributed by atoms with Crippen LogP contribution in [0.3, 0.4) is 0 Å². The Balaban J connectivity index is 1.60. The van der Waals surface area contributed by atoms with Crippen LogP contribution in [-0.2, 0) is 32.3 Å². The molecule has 0 aliphatic heterocycles. The zero-order chi connectivity index (χ0) is 24.5. The number of carbonyl (C=O) groups is 4. The first-order valence-electron chi connectivity index (χ1n) is 10.3. The van der Waals surface area contributed by atoms with Crippen LogP contribution in [0.5, 0.6) is 11.5 Å². The maximum atomic E-state index is 12.1. The lowest BCUT2D eigenvalue weighted by molar-refractivity contribution is -0.136. The van der Waals surface area contributed by atoms with Gasteiger partial charge in [0.2, 0.25) is 0 Å². The highest BCUT2D eigenvalue weighted by atomic mass is 16.6. The summed E-state index contributed by atoms with van der Waals surface area (Å²) in [6.45, 7) is 2.68. The molecule has 0 heterocycles. The predicted octanol–water partition coefficient (Wildman–Crippen LogP) is 4.25. The average molecular weight is 462 g/mol. The Bertz CT molecular complexity index is 1100. The van der Waals surface area contributed by atoms with E-state index in [-0.39, 0.29) is 24.3 Å². The molecule has 8 heteroatoms. The molecule has 0 unspecified atom stereocenters. The van der Waals surface area contributed by atoms with Crippen LogP contribution in [0.2, 0.25) is 0 Å². The third-order valence-electron chi connectivity index (χ3n) is 4.50. The molecule has 0 saturated carbocycles. The van der Waals surface area contributed by atoms with Gasteiger partial charge in [0.05, 0.1) is 0 Å². The third kappa shape index (κ3) is 6.77. The third-order valence-corrected chi connectivity index (χ3v) is 4.50. The van der Waals surface area contributed by atoms with E-state index in [1.807, 2.05) is 24.3 Å². The molecule has 34 heavy (non-hydrogen) atoms. The Morgan fingerprint density at radius 3 is 1.26 bits per heavy atom. The fourth-order valence-electron chi connectivity index (χ4n) is 2.95. The number of carbonyl (C=O) groups excluding carboxylic acids is 4. The standard InChI is InChI=1S/C26H22O8/c1-17(27)33-25(29)21-7-3-5-9-23(21)31-15-19-11-13-20(14-12-19)16-32-24-10-6-4-8-22(24)26(30)34-18(2)28/h3-14H,15-16H2,1-2H3. The quantitative estimate of drug-likeness (QED) is 0.361. The van der Waals surface area contributed by atoms with Crippen LogP contribution in [-0.4, -0.2) is 23.9 Å². The second-order valence-corrected chi connectivity index (χ2v) is 7.15. The van der Waals surface area contributed by atoms with Crippen LogP contribution < -0.4 is 9.47 Å².